The summed E-state index contributed by atoms with van der Waals surface area (Å²) in [6, 6.07) is 6.38. The number of aliphatic hydroxyl groups is 1. The average molecular weight is 321 g/mol. The molecule has 1 aromatic carbocycles. The van der Waals surface area contributed by atoms with E-state index >= 15 is 0 Å². The molecule has 23 heavy (non-hydrogen) atoms. The highest BCUT2D eigenvalue weighted by atomic mass is 19.1. The first-order chi connectivity index (χ1) is 11.1. The van der Waals surface area contributed by atoms with E-state index in [1.165, 1.54) is 12.1 Å². The number of carbonyl (C=O) groups excluding carboxylic acids is 1. The van der Waals surface area contributed by atoms with Crippen LogP contribution < -0.4 is 15.5 Å². The van der Waals surface area contributed by atoms with Crippen LogP contribution in [-0.4, -0.2) is 43.9 Å². The van der Waals surface area contributed by atoms with Crippen LogP contribution in [0.25, 0.3) is 0 Å². The van der Waals surface area contributed by atoms with Crippen molar-refractivity contribution in [2.75, 3.05) is 37.7 Å². The molecule has 1 saturated carbocycles. The average Bonchev–Trinajstić information content (AvgIpc) is 3.20. The van der Waals surface area contributed by atoms with Crippen LogP contribution in [0.4, 0.5) is 14.9 Å². The summed E-state index contributed by atoms with van der Waals surface area (Å²) in [5, 5.41) is 15.0. The van der Waals surface area contributed by atoms with E-state index in [0.717, 1.165) is 38.0 Å². The molecule has 2 fully saturated rings. The van der Waals surface area contributed by atoms with Gasteiger partial charge in [0.05, 0.1) is 6.61 Å². The maximum Gasteiger partial charge on any atom is 0.314 e. The van der Waals surface area contributed by atoms with E-state index in [1.807, 2.05) is 0 Å². The third-order valence-electron chi connectivity index (χ3n) is 4.95. The van der Waals surface area contributed by atoms with E-state index in [2.05, 4.69) is 15.5 Å². The van der Waals surface area contributed by atoms with Crippen molar-refractivity contribution >= 4 is 11.7 Å². The Morgan fingerprint density at radius 3 is 2.70 bits per heavy atom. The summed E-state index contributed by atoms with van der Waals surface area (Å²) in [5.74, 6) is 0.178. The van der Waals surface area contributed by atoms with Gasteiger partial charge >= 0.3 is 6.03 Å². The van der Waals surface area contributed by atoms with E-state index < -0.39 is 0 Å². The van der Waals surface area contributed by atoms with Gasteiger partial charge in [-0.1, -0.05) is 0 Å². The molecule has 2 amide bonds. The lowest BCUT2D eigenvalue weighted by atomic mass is 10.1. The number of halogens is 1. The van der Waals surface area contributed by atoms with Crippen molar-refractivity contribution in [3.63, 3.8) is 0 Å². The molecule has 1 saturated heterocycles. The van der Waals surface area contributed by atoms with E-state index in [-0.39, 0.29) is 23.9 Å². The second-order valence-electron chi connectivity index (χ2n) is 6.80. The standard InChI is InChI=1S/C17H24FN3O2/c18-14-1-3-15(4-2-14)21-8-5-13(10-21)9-19-16(23)20-11-17(12-22)6-7-17/h1-4,13,22H,5-12H2,(H2,19,20,23). The number of benzene rings is 1. The molecule has 5 nitrogen and oxygen atoms in total. The lowest BCUT2D eigenvalue weighted by Crippen LogP contribution is -2.41. The van der Waals surface area contributed by atoms with Crippen molar-refractivity contribution in [1.82, 2.24) is 10.6 Å². The molecule has 0 spiro atoms. The highest BCUT2D eigenvalue weighted by Crippen LogP contribution is 2.44. The third kappa shape index (κ3) is 4.13. The van der Waals surface area contributed by atoms with Crippen molar-refractivity contribution < 1.29 is 14.3 Å². The summed E-state index contributed by atoms with van der Waals surface area (Å²) in [5.41, 5.74) is 0.960. The number of hydrogen-bond acceptors (Lipinski definition) is 3. The number of nitrogens with zero attached hydrogens (tertiary/aromatic N) is 1. The van der Waals surface area contributed by atoms with Crippen molar-refractivity contribution in [2.45, 2.75) is 19.3 Å². The minimum atomic E-state index is -0.223. The fourth-order valence-corrected chi connectivity index (χ4v) is 3.02. The van der Waals surface area contributed by atoms with Crippen LogP contribution in [0.3, 0.4) is 0 Å². The molecule has 1 aliphatic heterocycles. The summed E-state index contributed by atoms with van der Waals surface area (Å²) >= 11 is 0. The molecule has 1 aromatic rings. The highest BCUT2D eigenvalue weighted by molar-refractivity contribution is 5.73. The topological polar surface area (TPSA) is 64.6 Å². The van der Waals surface area contributed by atoms with Crippen molar-refractivity contribution in [3.05, 3.63) is 30.1 Å². The quantitative estimate of drug-likeness (QED) is 0.747. The maximum atomic E-state index is 13.0. The lowest BCUT2D eigenvalue weighted by molar-refractivity contribution is 0.202. The van der Waals surface area contributed by atoms with Gasteiger partial charge in [-0.25, -0.2) is 9.18 Å². The fraction of sp³-hybridized carbons (Fsp3) is 0.588. The molecule has 3 N–H and O–H groups in total. The van der Waals surface area contributed by atoms with Gasteiger partial charge < -0.3 is 20.6 Å². The predicted molar refractivity (Wildman–Crippen MR) is 86.9 cm³/mol. The minimum absolute atomic E-state index is 0.0654. The zero-order valence-electron chi connectivity index (χ0n) is 13.2. The number of carbonyl (C=O) groups is 1. The molecule has 3 rings (SSSR count). The van der Waals surface area contributed by atoms with E-state index in [0.29, 0.717) is 19.0 Å². The molecule has 1 atom stereocenters. The Balaban J connectivity index is 1.38. The Bertz CT molecular complexity index is 545. The van der Waals surface area contributed by atoms with Crippen LogP contribution >= 0.6 is 0 Å². The van der Waals surface area contributed by atoms with Crippen molar-refractivity contribution in [3.8, 4) is 0 Å². The Kier molecular flexibility index (Phi) is 4.71. The summed E-state index contributed by atoms with van der Waals surface area (Å²) in [6.07, 6.45) is 2.98. The summed E-state index contributed by atoms with van der Waals surface area (Å²) < 4.78 is 13.0. The van der Waals surface area contributed by atoms with Gasteiger partial charge in [0, 0.05) is 37.3 Å². The van der Waals surface area contributed by atoms with Crippen LogP contribution in [-0.2, 0) is 0 Å². The summed E-state index contributed by atoms with van der Waals surface area (Å²) in [7, 11) is 0. The minimum Gasteiger partial charge on any atom is -0.396 e. The number of nitrogens with one attached hydrogen (secondary N) is 2. The van der Waals surface area contributed by atoms with Gasteiger partial charge in [0.1, 0.15) is 5.82 Å². The van der Waals surface area contributed by atoms with E-state index in [4.69, 9.17) is 0 Å². The van der Waals surface area contributed by atoms with Crippen molar-refractivity contribution in [1.29, 1.82) is 0 Å². The first-order valence-electron chi connectivity index (χ1n) is 8.23. The van der Waals surface area contributed by atoms with Crippen LogP contribution in [0.2, 0.25) is 0 Å². The van der Waals surface area contributed by atoms with Gasteiger partial charge in [0.15, 0.2) is 0 Å². The molecular formula is C17H24FN3O2. The van der Waals surface area contributed by atoms with Crippen LogP contribution in [0, 0.1) is 17.2 Å². The largest absolute Gasteiger partial charge is 0.396 e. The van der Waals surface area contributed by atoms with E-state index in [9.17, 15) is 14.3 Å². The molecule has 2 aliphatic rings. The lowest BCUT2D eigenvalue weighted by Gasteiger charge is -2.19. The zero-order valence-corrected chi connectivity index (χ0v) is 13.2. The molecule has 0 aromatic heterocycles. The fourth-order valence-electron chi connectivity index (χ4n) is 3.02. The summed E-state index contributed by atoms with van der Waals surface area (Å²) in [6.45, 7) is 3.11. The number of anilines is 1. The Hall–Kier alpha value is -1.82. The highest BCUT2D eigenvalue weighted by Gasteiger charge is 2.42. The molecule has 1 aliphatic carbocycles. The Morgan fingerprint density at radius 2 is 2.04 bits per heavy atom. The van der Waals surface area contributed by atoms with Gasteiger partial charge in [-0.2, -0.15) is 0 Å². The molecule has 1 unspecified atom stereocenters. The molecular weight excluding hydrogens is 297 g/mol. The molecule has 0 bridgehead atoms. The Morgan fingerprint density at radius 1 is 1.30 bits per heavy atom. The first-order valence-corrected chi connectivity index (χ1v) is 8.23. The molecule has 126 valence electrons. The van der Waals surface area contributed by atoms with Crippen LogP contribution in [0.15, 0.2) is 24.3 Å². The van der Waals surface area contributed by atoms with Gasteiger partial charge in [0.2, 0.25) is 0 Å². The number of rotatable bonds is 6. The number of aliphatic hydroxyl groups excluding tert-OH is 1. The summed E-state index contributed by atoms with van der Waals surface area (Å²) in [4.78, 5) is 14.0. The monoisotopic (exact) mass is 321 g/mol. The van der Waals surface area contributed by atoms with Gasteiger partial charge in [-0.15, -0.1) is 0 Å². The maximum absolute atomic E-state index is 13.0. The Labute approximate surface area is 135 Å². The first kappa shape index (κ1) is 16.1. The smallest absolute Gasteiger partial charge is 0.314 e. The van der Waals surface area contributed by atoms with E-state index in [1.54, 1.807) is 12.1 Å². The van der Waals surface area contributed by atoms with Crippen LogP contribution in [0.5, 0.6) is 0 Å². The second-order valence-corrected chi connectivity index (χ2v) is 6.80. The number of urea groups is 1. The molecule has 6 heteroatoms. The number of hydrogen-bond donors (Lipinski definition) is 3. The zero-order chi connectivity index (χ0) is 16.3. The predicted octanol–water partition coefficient (Wildman–Crippen LogP) is 1.72. The second kappa shape index (κ2) is 6.74. The normalized spacial score (nSPS) is 22.0. The van der Waals surface area contributed by atoms with Gasteiger partial charge in [0.25, 0.3) is 0 Å². The SMILES string of the molecule is O=C(NCC1CCN(c2ccc(F)cc2)C1)NCC1(CO)CC1. The molecule has 0 radical (unpaired) electrons. The van der Waals surface area contributed by atoms with Crippen molar-refractivity contribution in [2.24, 2.45) is 11.3 Å². The van der Waals surface area contributed by atoms with Gasteiger partial charge in [-0.05, 0) is 49.4 Å². The van der Waals surface area contributed by atoms with Crippen LogP contribution in [0.1, 0.15) is 19.3 Å². The van der Waals surface area contributed by atoms with Gasteiger partial charge in [-0.3, -0.25) is 0 Å². The number of amides is 2. The molecule has 1 heterocycles. The third-order valence-corrected chi connectivity index (χ3v) is 4.95.